The van der Waals surface area contributed by atoms with E-state index in [2.05, 4.69) is 35.5 Å². The molecule has 3 aliphatic heterocycles. The first-order chi connectivity index (χ1) is 27.9. The number of morpholine rings is 2. The van der Waals surface area contributed by atoms with Crippen LogP contribution in [0.4, 0.5) is 0 Å². The van der Waals surface area contributed by atoms with Gasteiger partial charge in [-0.05, 0) is 36.1 Å². The monoisotopic (exact) mass is 817 g/mol. The number of rotatable bonds is 10. The fourth-order valence-corrected chi connectivity index (χ4v) is 8.61. The van der Waals surface area contributed by atoms with Gasteiger partial charge in [-0.25, -0.2) is 0 Å². The highest BCUT2D eigenvalue weighted by atomic mass is 32.1. The number of nitrogens with zero attached hydrogens (tertiary/aromatic N) is 6. The molecule has 1 N–H and O–H groups in total. The van der Waals surface area contributed by atoms with E-state index in [9.17, 15) is 19.2 Å². The summed E-state index contributed by atoms with van der Waals surface area (Å²) in [4.78, 5) is 58.8. The molecule has 5 heterocycles. The molecule has 2 fully saturated rings. The Labute approximate surface area is 339 Å². The van der Waals surface area contributed by atoms with Gasteiger partial charge in [-0.3, -0.25) is 34.3 Å². The zero-order valence-corrected chi connectivity index (χ0v) is 33.4. The molecule has 0 radical (unpaired) electrons. The Bertz CT molecular complexity index is 1850. The number of hydrogen-bond donors (Lipinski definition) is 1. The summed E-state index contributed by atoms with van der Waals surface area (Å²) >= 11 is 2.97. The Kier molecular flexibility index (Phi) is 14.5. The van der Waals surface area contributed by atoms with Crippen molar-refractivity contribution in [3.05, 3.63) is 69.7 Å². The minimum absolute atomic E-state index is 0.145. The summed E-state index contributed by atoms with van der Waals surface area (Å²) in [5.74, 6) is -4.29. The van der Waals surface area contributed by atoms with Crippen LogP contribution in [0.25, 0.3) is 21.1 Å². The summed E-state index contributed by atoms with van der Waals surface area (Å²) in [6.07, 6.45) is 3.61. The van der Waals surface area contributed by atoms with Crippen LogP contribution >= 0.6 is 22.7 Å². The molecule has 2 saturated heterocycles. The number of carbonyl (C=O) groups is 4. The molecule has 2 atom stereocenters. The third kappa shape index (κ3) is 11.5. The topological polar surface area (TPSA) is 175 Å². The molecule has 4 aromatic rings. The molecule has 0 spiro atoms. The molecule has 302 valence electrons. The fraction of sp³-hybridized carbons (Fsp3) is 0.500. The highest BCUT2D eigenvalue weighted by molar-refractivity contribution is 7.15. The molecule has 8 bridgehead atoms. The number of benzene rings is 2. The Balaban J connectivity index is 1.14. The first kappa shape index (κ1) is 40.7. The zero-order valence-electron chi connectivity index (χ0n) is 31.8. The van der Waals surface area contributed by atoms with Gasteiger partial charge in [0.1, 0.15) is 33.2 Å². The maximum absolute atomic E-state index is 14.2. The van der Waals surface area contributed by atoms with Gasteiger partial charge in [0, 0.05) is 63.2 Å². The summed E-state index contributed by atoms with van der Waals surface area (Å²) < 4.78 is 22.3. The first-order valence-corrected chi connectivity index (χ1v) is 21.1. The van der Waals surface area contributed by atoms with E-state index >= 15 is 0 Å². The van der Waals surface area contributed by atoms with Crippen LogP contribution in [0.15, 0.2) is 48.5 Å². The number of amides is 2. The van der Waals surface area contributed by atoms with Gasteiger partial charge < -0.3 is 18.9 Å². The molecule has 7 rings (SSSR count). The van der Waals surface area contributed by atoms with Gasteiger partial charge in [0.25, 0.3) is 0 Å². The molecule has 17 heteroatoms. The largest absolute Gasteiger partial charge is 0.464 e. The van der Waals surface area contributed by atoms with Crippen LogP contribution in [0.5, 0.6) is 0 Å². The van der Waals surface area contributed by atoms with E-state index in [0.717, 1.165) is 73.0 Å². The normalized spacial score (nSPS) is 19.9. The van der Waals surface area contributed by atoms with E-state index < -0.39 is 35.6 Å². The first-order valence-electron chi connectivity index (χ1n) is 19.5. The van der Waals surface area contributed by atoms with Crippen LogP contribution < -0.4 is 5.32 Å². The third-order valence-corrected chi connectivity index (χ3v) is 12.3. The lowest BCUT2D eigenvalue weighted by Gasteiger charge is -2.26. The summed E-state index contributed by atoms with van der Waals surface area (Å²) in [7, 11) is 0. The number of nitrogens with one attached hydrogen (secondary N) is 1. The number of aryl methyl sites for hydroxylation is 2. The van der Waals surface area contributed by atoms with E-state index in [1.807, 2.05) is 36.4 Å². The van der Waals surface area contributed by atoms with E-state index in [0.29, 0.717) is 60.7 Å². The van der Waals surface area contributed by atoms with Crippen molar-refractivity contribution in [2.75, 3.05) is 78.9 Å². The van der Waals surface area contributed by atoms with E-state index in [-0.39, 0.29) is 26.1 Å². The highest BCUT2D eigenvalue weighted by Crippen LogP contribution is 2.31. The van der Waals surface area contributed by atoms with Gasteiger partial charge in [0.05, 0.1) is 51.1 Å². The van der Waals surface area contributed by atoms with E-state index in [4.69, 9.17) is 18.9 Å². The van der Waals surface area contributed by atoms with Gasteiger partial charge in [-0.15, -0.1) is 20.4 Å². The minimum Gasteiger partial charge on any atom is -0.464 e. The quantitative estimate of drug-likeness (QED) is 0.181. The van der Waals surface area contributed by atoms with Crippen LogP contribution in [-0.4, -0.2) is 133 Å². The van der Waals surface area contributed by atoms with Crippen LogP contribution in [0.1, 0.15) is 58.7 Å². The molecule has 2 aromatic heterocycles. The second-order valence-corrected chi connectivity index (χ2v) is 16.3. The second kappa shape index (κ2) is 20.3. The minimum atomic E-state index is -1.04. The average molecular weight is 818 g/mol. The maximum atomic E-state index is 14.2. The molecule has 57 heavy (non-hydrogen) atoms. The number of ether oxygens (including phenoxy) is 4. The summed E-state index contributed by atoms with van der Waals surface area (Å²) in [6, 6.07) is 14.6. The number of aromatic nitrogens is 4. The van der Waals surface area contributed by atoms with Gasteiger partial charge in [-0.1, -0.05) is 59.1 Å². The standard InChI is InChI=1S/C40H47N7O8S2/c48-35(11-13-46-15-19-52-20-16-46)54-25-31-27-5-3-7-29(23-27)39-44-42-33(56-39)9-1-2-10-34-43-45-40(57-34)30-8-4-6-28(24-30)32(38(51)41-37(31)50)26-55-36(49)12-14-47-17-21-53-22-18-47/h3-8,23-24,31-32H,1-2,9-22,25-26H2,(H,41,50,51). The molecule has 0 saturated carbocycles. The summed E-state index contributed by atoms with van der Waals surface area (Å²) in [5.41, 5.74) is 2.60. The molecular weight excluding hydrogens is 771 g/mol. The van der Waals surface area contributed by atoms with Crippen LogP contribution in [-0.2, 0) is 51.0 Å². The lowest BCUT2D eigenvalue weighted by atomic mass is 9.95. The van der Waals surface area contributed by atoms with Crippen LogP contribution in [0.3, 0.4) is 0 Å². The predicted octanol–water partition coefficient (Wildman–Crippen LogP) is 3.64. The Morgan fingerprint density at radius 3 is 1.54 bits per heavy atom. The molecule has 2 aromatic carbocycles. The van der Waals surface area contributed by atoms with Gasteiger partial charge in [0.15, 0.2) is 0 Å². The molecule has 2 unspecified atom stereocenters. The number of fused-ring (bicyclic) bond motifs is 10. The van der Waals surface area contributed by atoms with Gasteiger partial charge in [0.2, 0.25) is 11.8 Å². The van der Waals surface area contributed by atoms with Gasteiger partial charge in [-0.2, -0.15) is 0 Å². The smallest absolute Gasteiger partial charge is 0.307 e. The Morgan fingerprint density at radius 2 is 1.11 bits per heavy atom. The number of esters is 2. The average Bonchev–Trinajstić information content (AvgIpc) is 3.92. The molecule has 2 amide bonds. The fourth-order valence-electron chi connectivity index (χ4n) is 6.86. The number of carbonyl (C=O) groups excluding carboxylic acids is 4. The lowest BCUT2D eigenvalue weighted by Crippen LogP contribution is -2.41. The highest BCUT2D eigenvalue weighted by Gasteiger charge is 2.30. The van der Waals surface area contributed by atoms with E-state index in [1.165, 1.54) is 22.7 Å². The molecule has 0 aliphatic carbocycles. The van der Waals surface area contributed by atoms with Crippen LogP contribution in [0.2, 0.25) is 0 Å². The van der Waals surface area contributed by atoms with Gasteiger partial charge >= 0.3 is 11.9 Å². The van der Waals surface area contributed by atoms with Crippen molar-refractivity contribution in [2.45, 2.75) is 50.4 Å². The number of hydrogen-bond acceptors (Lipinski definition) is 16. The van der Waals surface area contributed by atoms with Crippen LogP contribution in [0, 0.1) is 0 Å². The van der Waals surface area contributed by atoms with Crippen molar-refractivity contribution in [3.8, 4) is 21.1 Å². The maximum Gasteiger partial charge on any atom is 0.307 e. The molecular formula is C40H47N7O8S2. The van der Waals surface area contributed by atoms with Crippen molar-refractivity contribution in [3.63, 3.8) is 0 Å². The Hall–Kier alpha value is -4.52. The second-order valence-electron chi connectivity index (χ2n) is 14.2. The van der Waals surface area contributed by atoms with Crippen molar-refractivity contribution >= 4 is 46.4 Å². The lowest BCUT2D eigenvalue weighted by molar-refractivity contribution is -0.146. The van der Waals surface area contributed by atoms with Crippen molar-refractivity contribution in [2.24, 2.45) is 0 Å². The SMILES string of the molecule is O=C(CCN1CCOCC1)OCC1C(=O)NC(=O)C(COC(=O)CCN2CCOCC2)c2cccc(c2)-c2nnc(s2)CCCCc2nnc(s2)-c2cccc1c2. The molecule has 15 nitrogen and oxygen atoms in total. The van der Waals surface area contributed by atoms with E-state index in [1.54, 1.807) is 12.1 Å². The summed E-state index contributed by atoms with van der Waals surface area (Å²) in [5, 5.41) is 23.5. The Morgan fingerprint density at radius 1 is 0.667 bits per heavy atom. The summed E-state index contributed by atoms with van der Waals surface area (Å²) in [6.45, 7) is 5.81. The van der Waals surface area contributed by atoms with Crippen molar-refractivity contribution < 1.29 is 38.1 Å². The van der Waals surface area contributed by atoms with Crippen molar-refractivity contribution in [1.29, 1.82) is 0 Å². The zero-order chi connectivity index (χ0) is 39.4. The third-order valence-electron chi connectivity index (χ3n) is 10.2. The molecule has 3 aliphatic rings. The van der Waals surface area contributed by atoms with Crippen molar-refractivity contribution in [1.82, 2.24) is 35.5 Å². The predicted molar refractivity (Wildman–Crippen MR) is 212 cm³/mol. The number of imide groups is 1.